The van der Waals surface area contributed by atoms with Crippen molar-refractivity contribution in [3.05, 3.63) is 44.9 Å². The lowest BCUT2D eigenvalue weighted by atomic mass is 10.0. The van der Waals surface area contributed by atoms with Crippen LogP contribution in [0.3, 0.4) is 0 Å². The molecule has 0 amide bonds. The minimum atomic E-state index is 0.247. The van der Waals surface area contributed by atoms with E-state index >= 15 is 0 Å². The first kappa shape index (κ1) is 14.1. The Morgan fingerprint density at radius 3 is 2.58 bits per heavy atom. The molecule has 1 aromatic carbocycles. The second-order valence-corrected chi connectivity index (χ2v) is 6.41. The summed E-state index contributed by atoms with van der Waals surface area (Å²) in [5.74, 6) is 0. The van der Waals surface area contributed by atoms with E-state index in [4.69, 9.17) is 0 Å². The SMILES string of the molecule is CCc1cccc(C)c1NC(C)c1nc(C)sc1C. The maximum absolute atomic E-state index is 4.65. The Kier molecular flexibility index (Phi) is 4.25. The number of benzene rings is 1. The molecule has 2 aromatic rings. The molecule has 0 radical (unpaired) electrons. The van der Waals surface area contributed by atoms with E-state index in [0.29, 0.717) is 0 Å². The highest BCUT2D eigenvalue weighted by Crippen LogP contribution is 2.29. The highest BCUT2D eigenvalue weighted by Gasteiger charge is 2.15. The minimum absolute atomic E-state index is 0.247. The smallest absolute Gasteiger partial charge is 0.0901 e. The Morgan fingerprint density at radius 1 is 1.26 bits per heavy atom. The third-order valence-electron chi connectivity index (χ3n) is 3.45. The number of para-hydroxylation sites is 1. The number of nitrogens with one attached hydrogen (secondary N) is 1. The molecule has 1 N–H and O–H groups in total. The minimum Gasteiger partial charge on any atom is -0.376 e. The van der Waals surface area contributed by atoms with Crippen molar-refractivity contribution in [1.82, 2.24) is 4.98 Å². The van der Waals surface area contributed by atoms with Crippen LogP contribution in [0.4, 0.5) is 5.69 Å². The van der Waals surface area contributed by atoms with E-state index in [0.717, 1.165) is 11.4 Å². The number of aryl methyl sites for hydroxylation is 4. The quantitative estimate of drug-likeness (QED) is 0.866. The van der Waals surface area contributed by atoms with Crippen LogP contribution >= 0.6 is 11.3 Å². The van der Waals surface area contributed by atoms with E-state index < -0.39 is 0 Å². The molecule has 1 aromatic heterocycles. The molecule has 0 saturated heterocycles. The number of hydrogen-bond donors (Lipinski definition) is 1. The summed E-state index contributed by atoms with van der Waals surface area (Å²) in [4.78, 5) is 5.96. The fraction of sp³-hybridized carbons (Fsp3) is 0.438. The molecule has 0 aliphatic carbocycles. The number of thiazole rings is 1. The maximum atomic E-state index is 4.65. The van der Waals surface area contributed by atoms with Crippen molar-refractivity contribution >= 4 is 17.0 Å². The van der Waals surface area contributed by atoms with Gasteiger partial charge in [-0.1, -0.05) is 25.1 Å². The first-order chi connectivity index (χ1) is 9.02. The summed E-state index contributed by atoms with van der Waals surface area (Å²) in [6.07, 6.45) is 1.05. The van der Waals surface area contributed by atoms with E-state index in [-0.39, 0.29) is 6.04 Å². The Balaban J connectivity index is 2.28. The van der Waals surface area contributed by atoms with E-state index in [1.807, 2.05) is 0 Å². The van der Waals surface area contributed by atoms with Gasteiger partial charge in [-0.05, 0) is 45.2 Å². The fourth-order valence-electron chi connectivity index (χ4n) is 2.46. The van der Waals surface area contributed by atoms with E-state index in [2.05, 4.69) is 63.1 Å². The highest BCUT2D eigenvalue weighted by atomic mass is 32.1. The Hall–Kier alpha value is -1.35. The van der Waals surface area contributed by atoms with Gasteiger partial charge >= 0.3 is 0 Å². The summed E-state index contributed by atoms with van der Waals surface area (Å²) >= 11 is 1.77. The predicted molar refractivity (Wildman–Crippen MR) is 84.2 cm³/mol. The fourth-order valence-corrected chi connectivity index (χ4v) is 3.38. The van der Waals surface area contributed by atoms with Crippen LogP contribution in [0.5, 0.6) is 0 Å². The van der Waals surface area contributed by atoms with Gasteiger partial charge in [0.05, 0.1) is 16.7 Å². The molecule has 3 heteroatoms. The van der Waals surface area contributed by atoms with Gasteiger partial charge in [0.25, 0.3) is 0 Å². The summed E-state index contributed by atoms with van der Waals surface area (Å²) in [7, 11) is 0. The normalized spacial score (nSPS) is 12.5. The average molecular weight is 274 g/mol. The molecule has 0 fully saturated rings. The standard InChI is InChI=1S/C16H22N2S/c1-6-14-9-7-8-10(2)15(14)17-11(3)16-12(4)19-13(5)18-16/h7-9,11,17H,6H2,1-5H3. The van der Waals surface area contributed by atoms with Crippen LogP contribution in [-0.2, 0) is 6.42 Å². The number of anilines is 1. The van der Waals surface area contributed by atoms with Gasteiger partial charge in [-0.15, -0.1) is 11.3 Å². The van der Waals surface area contributed by atoms with Crippen molar-refractivity contribution < 1.29 is 0 Å². The van der Waals surface area contributed by atoms with Crippen LogP contribution in [0, 0.1) is 20.8 Å². The molecule has 0 aliphatic heterocycles. The molecule has 1 heterocycles. The lowest BCUT2D eigenvalue weighted by molar-refractivity contribution is 0.832. The van der Waals surface area contributed by atoms with Gasteiger partial charge in [-0.25, -0.2) is 4.98 Å². The summed E-state index contributed by atoms with van der Waals surface area (Å²) in [6, 6.07) is 6.73. The maximum Gasteiger partial charge on any atom is 0.0901 e. The summed E-state index contributed by atoms with van der Waals surface area (Å²) in [6.45, 7) is 10.8. The summed E-state index contributed by atoms with van der Waals surface area (Å²) < 4.78 is 0. The van der Waals surface area contributed by atoms with Gasteiger partial charge in [-0.3, -0.25) is 0 Å². The van der Waals surface area contributed by atoms with Crippen LogP contribution < -0.4 is 5.32 Å². The lowest BCUT2D eigenvalue weighted by Crippen LogP contribution is -2.11. The molecule has 0 bridgehead atoms. The van der Waals surface area contributed by atoms with Crippen molar-refractivity contribution in [3.8, 4) is 0 Å². The summed E-state index contributed by atoms with van der Waals surface area (Å²) in [5.41, 5.74) is 5.11. The first-order valence-electron chi connectivity index (χ1n) is 6.81. The zero-order valence-corrected chi connectivity index (χ0v) is 13.2. The number of hydrogen-bond acceptors (Lipinski definition) is 3. The highest BCUT2D eigenvalue weighted by molar-refractivity contribution is 7.11. The van der Waals surface area contributed by atoms with Gasteiger partial charge in [0, 0.05) is 10.6 Å². The van der Waals surface area contributed by atoms with Gasteiger partial charge in [0.1, 0.15) is 0 Å². The molecule has 0 saturated carbocycles. The Labute approximate surface area is 119 Å². The number of aromatic nitrogens is 1. The number of rotatable bonds is 4. The molecule has 0 spiro atoms. The molecular formula is C16H22N2S. The Bertz CT molecular complexity index is 572. The largest absolute Gasteiger partial charge is 0.376 e. The van der Waals surface area contributed by atoms with Gasteiger partial charge in [0.2, 0.25) is 0 Å². The molecule has 102 valence electrons. The van der Waals surface area contributed by atoms with Gasteiger partial charge < -0.3 is 5.32 Å². The van der Waals surface area contributed by atoms with E-state index in [1.165, 1.54) is 27.4 Å². The van der Waals surface area contributed by atoms with Crippen molar-refractivity contribution in [2.75, 3.05) is 5.32 Å². The topological polar surface area (TPSA) is 24.9 Å². The zero-order chi connectivity index (χ0) is 14.0. The van der Waals surface area contributed by atoms with E-state index in [1.54, 1.807) is 11.3 Å². The lowest BCUT2D eigenvalue weighted by Gasteiger charge is -2.19. The molecule has 0 aliphatic rings. The predicted octanol–water partition coefficient (Wildman–Crippen LogP) is 4.80. The average Bonchev–Trinajstić information content (AvgIpc) is 2.71. The molecule has 2 nitrogen and oxygen atoms in total. The van der Waals surface area contributed by atoms with Crippen LogP contribution in [0.1, 0.15) is 46.6 Å². The van der Waals surface area contributed by atoms with E-state index in [9.17, 15) is 0 Å². The van der Waals surface area contributed by atoms with Crippen LogP contribution in [-0.4, -0.2) is 4.98 Å². The van der Waals surface area contributed by atoms with Crippen LogP contribution in [0.15, 0.2) is 18.2 Å². The summed E-state index contributed by atoms with van der Waals surface area (Å²) in [5, 5.41) is 4.78. The third-order valence-corrected chi connectivity index (χ3v) is 4.35. The third kappa shape index (κ3) is 2.98. The Morgan fingerprint density at radius 2 is 2.00 bits per heavy atom. The van der Waals surface area contributed by atoms with Crippen molar-refractivity contribution in [2.24, 2.45) is 0 Å². The molecule has 19 heavy (non-hydrogen) atoms. The van der Waals surface area contributed by atoms with Crippen molar-refractivity contribution in [3.63, 3.8) is 0 Å². The molecule has 1 atom stereocenters. The monoisotopic (exact) mass is 274 g/mol. The van der Waals surface area contributed by atoms with Crippen molar-refractivity contribution in [1.29, 1.82) is 0 Å². The second kappa shape index (κ2) is 5.74. The van der Waals surface area contributed by atoms with Gasteiger partial charge in [0.15, 0.2) is 0 Å². The first-order valence-corrected chi connectivity index (χ1v) is 7.63. The zero-order valence-electron chi connectivity index (χ0n) is 12.4. The molecular weight excluding hydrogens is 252 g/mol. The van der Waals surface area contributed by atoms with Crippen LogP contribution in [0.25, 0.3) is 0 Å². The van der Waals surface area contributed by atoms with Crippen LogP contribution in [0.2, 0.25) is 0 Å². The molecule has 1 unspecified atom stereocenters. The van der Waals surface area contributed by atoms with Crippen molar-refractivity contribution in [2.45, 2.75) is 47.1 Å². The number of nitrogens with zero attached hydrogens (tertiary/aromatic N) is 1. The molecule has 2 rings (SSSR count). The second-order valence-electron chi connectivity index (χ2n) is 5.00. The van der Waals surface area contributed by atoms with Gasteiger partial charge in [-0.2, -0.15) is 0 Å².